The van der Waals surface area contributed by atoms with E-state index in [1.807, 2.05) is 51.1 Å². The largest absolute Gasteiger partial charge is 0.507 e. The Morgan fingerprint density at radius 2 is 1.83 bits per heavy atom. The highest BCUT2D eigenvalue weighted by Crippen LogP contribution is 2.32. The summed E-state index contributed by atoms with van der Waals surface area (Å²) in [6.45, 7) is 5.97. The molecule has 0 atom stereocenters. The van der Waals surface area contributed by atoms with E-state index in [4.69, 9.17) is 4.74 Å². The lowest BCUT2D eigenvalue weighted by molar-refractivity contribution is -0.121. The predicted molar refractivity (Wildman–Crippen MR) is 121 cm³/mol. The highest BCUT2D eigenvalue weighted by molar-refractivity contribution is 7.98. The molecule has 3 rings (SSSR count). The van der Waals surface area contributed by atoms with Crippen LogP contribution in [0.1, 0.15) is 36.1 Å². The first-order valence-corrected chi connectivity index (χ1v) is 11.0. The van der Waals surface area contributed by atoms with Gasteiger partial charge < -0.3 is 9.84 Å². The molecule has 0 fully saturated rings. The van der Waals surface area contributed by atoms with Crippen molar-refractivity contribution in [3.8, 4) is 11.5 Å². The van der Waals surface area contributed by atoms with E-state index < -0.39 is 0 Å². The number of ketones is 1. The maximum absolute atomic E-state index is 12.0. The number of aromatic hydroxyl groups is 1. The van der Waals surface area contributed by atoms with Gasteiger partial charge in [0.15, 0.2) is 0 Å². The van der Waals surface area contributed by atoms with Crippen molar-refractivity contribution < 1.29 is 14.6 Å². The number of ether oxygens (including phenoxy) is 1. The molecule has 1 aromatic heterocycles. The zero-order chi connectivity index (χ0) is 21.5. The summed E-state index contributed by atoms with van der Waals surface area (Å²) in [5.74, 6) is 1.70. The number of hydrogen-bond acceptors (Lipinski definition) is 5. The van der Waals surface area contributed by atoms with Gasteiger partial charge in [-0.25, -0.2) is 0 Å². The number of nitrogens with zero attached hydrogens (tertiary/aromatic N) is 1. The maximum atomic E-state index is 12.0. The molecule has 30 heavy (non-hydrogen) atoms. The van der Waals surface area contributed by atoms with Crippen LogP contribution in [-0.2, 0) is 23.6 Å². The fourth-order valence-electron chi connectivity index (χ4n) is 3.00. The van der Waals surface area contributed by atoms with Crippen LogP contribution in [0.3, 0.4) is 0 Å². The Balaban J connectivity index is 1.62. The molecular formula is C25H27NO3S. The molecule has 1 heterocycles. The van der Waals surface area contributed by atoms with Gasteiger partial charge in [0.05, 0.1) is 0 Å². The molecule has 0 spiro atoms. The lowest BCUT2D eigenvalue weighted by Gasteiger charge is -2.14. The number of aromatic nitrogens is 1. The Morgan fingerprint density at radius 3 is 2.57 bits per heavy atom. The minimum absolute atomic E-state index is 0.0513. The molecular weight excluding hydrogens is 394 g/mol. The van der Waals surface area contributed by atoms with Gasteiger partial charge in [-0.3, -0.25) is 9.78 Å². The van der Waals surface area contributed by atoms with Gasteiger partial charge in [-0.05, 0) is 36.2 Å². The van der Waals surface area contributed by atoms with Gasteiger partial charge in [0.1, 0.15) is 23.9 Å². The highest BCUT2D eigenvalue weighted by atomic mass is 32.2. The first kappa shape index (κ1) is 21.9. The average Bonchev–Trinajstić information content (AvgIpc) is 2.76. The van der Waals surface area contributed by atoms with Crippen molar-refractivity contribution in [1.29, 1.82) is 0 Å². The number of carbonyl (C=O) groups excluding carboxylic acids is 1. The van der Waals surface area contributed by atoms with Crippen molar-refractivity contribution in [1.82, 2.24) is 4.98 Å². The van der Waals surface area contributed by atoms with Crippen molar-refractivity contribution >= 4 is 17.5 Å². The van der Waals surface area contributed by atoms with Gasteiger partial charge in [0.25, 0.3) is 0 Å². The summed E-state index contributed by atoms with van der Waals surface area (Å²) in [6.07, 6.45) is 3.84. The Labute approximate surface area is 182 Å². The fourth-order valence-corrected chi connectivity index (χ4v) is 3.83. The SMILES string of the molecule is Cc1c(OCc2cccc(CSc3ccncc3)c2)ccc(CC(=O)C(C)C)c1O. The molecule has 5 heteroatoms. The normalized spacial score (nSPS) is 10.9. The fraction of sp³-hybridized carbons (Fsp3) is 0.280. The third-order valence-corrected chi connectivity index (χ3v) is 6.00. The molecule has 1 N–H and O–H groups in total. The van der Waals surface area contributed by atoms with E-state index in [1.165, 1.54) is 10.5 Å². The van der Waals surface area contributed by atoms with Gasteiger partial charge >= 0.3 is 0 Å². The van der Waals surface area contributed by atoms with Crippen molar-refractivity contribution in [2.75, 3.05) is 0 Å². The predicted octanol–water partition coefficient (Wildman–Crippen LogP) is 5.73. The smallest absolute Gasteiger partial charge is 0.139 e. The molecule has 0 saturated carbocycles. The number of carbonyl (C=O) groups is 1. The second-order valence-corrected chi connectivity index (χ2v) is 8.62. The number of rotatable bonds is 9. The molecule has 0 aliphatic carbocycles. The van der Waals surface area contributed by atoms with Crippen LogP contribution in [0, 0.1) is 12.8 Å². The number of phenols is 1. The van der Waals surface area contributed by atoms with Gasteiger partial charge in [-0.15, -0.1) is 11.8 Å². The summed E-state index contributed by atoms with van der Waals surface area (Å²) < 4.78 is 5.97. The number of hydrogen-bond donors (Lipinski definition) is 1. The molecule has 0 saturated heterocycles. The first-order valence-electron chi connectivity index (χ1n) is 10.0. The Hall–Kier alpha value is -2.79. The van der Waals surface area contributed by atoms with Gasteiger partial charge in [0.2, 0.25) is 0 Å². The summed E-state index contributed by atoms with van der Waals surface area (Å²) in [4.78, 5) is 17.2. The minimum Gasteiger partial charge on any atom is -0.507 e. The van der Waals surface area contributed by atoms with E-state index in [1.54, 1.807) is 30.2 Å². The first-order chi connectivity index (χ1) is 14.4. The summed E-state index contributed by atoms with van der Waals surface area (Å²) in [5.41, 5.74) is 3.60. The van der Waals surface area contributed by atoms with Crippen molar-refractivity contribution in [2.24, 2.45) is 5.92 Å². The molecule has 156 valence electrons. The number of Topliss-reactive ketones (excluding diaryl/α,β-unsaturated/α-hetero) is 1. The summed E-state index contributed by atoms with van der Waals surface area (Å²) >= 11 is 1.77. The summed E-state index contributed by atoms with van der Waals surface area (Å²) in [5, 5.41) is 10.5. The lowest BCUT2D eigenvalue weighted by atomic mass is 9.98. The van der Waals surface area contributed by atoms with Crippen molar-refractivity contribution in [3.05, 3.63) is 83.2 Å². The molecule has 4 nitrogen and oxygen atoms in total. The quantitative estimate of drug-likeness (QED) is 0.447. The van der Waals surface area contributed by atoms with Crippen LogP contribution in [0.4, 0.5) is 0 Å². The third-order valence-electron chi connectivity index (χ3n) is 4.91. The zero-order valence-electron chi connectivity index (χ0n) is 17.6. The standard InChI is InChI=1S/C25H27NO3S/c1-17(2)23(27)14-21-7-8-24(18(3)25(21)28)29-15-19-5-4-6-20(13-19)16-30-22-9-11-26-12-10-22/h4-13,17,28H,14-16H2,1-3H3. The topological polar surface area (TPSA) is 59.4 Å². The molecule has 2 aromatic carbocycles. The second-order valence-electron chi connectivity index (χ2n) is 7.57. The average molecular weight is 422 g/mol. The summed E-state index contributed by atoms with van der Waals surface area (Å²) in [7, 11) is 0. The lowest BCUT2D eigenvalue weighted by Crippen LogP contribution is -2.10. The highest BCUT2D eigenvalue weighted by Gasteiger charge is 2.15. The van der Waals surface area contributed by atoms with Gasteiger partial charge in [-0.2, -0.15) is 0 Å². The molecule has 0 aliphatic rings. The van der Waals surface area contributed by atoms with E-state index >= 15 is 0 Å². The molecule has 0 radical (unpaired) electrons. The molecule has 0 amide bonds. The molecule has 0 bridgehead atoms. The number of phenolic OH excluding ortho intramolecular Hbond substituents is 1. The molecule has 0 aliphatic heterocycles. The number of pyridine rings is 1. The van der Waals surface area contributed by atoms with Crippen LogP contribution in [0.5, 0.6) is 11.5 Å². The Morgan fingerprint density at radius 1 is 1.10 bits per heavy atom. The van der Waals surface area contributed by atoms with E-state index in [-0.39, 0.29) is 23.9 Å². The second kappa shape index (κ2) is 10.3. The monoisotopic (exact) mass is 421 g/mol. The summed E-state index contributed by atoms with van der Waals surface area (Å²) in [6, 6.07) is 15.9. The van der Waals surface area contributed by atoms with E-state index in [0.29, 0.717) is 23.5 Å². The minimum atomic E-state index is -0.0513. The van der Waals surface area contributed by atoms with E-state index in [2.05, 4.69) is 17.1 Å². The van der Waals surface area contributed by atoms with Crippen LogP contribution in [0.25, 0.3) is 0 Å². The Kier molecular flexibility index (Phi) is 7.52. The van der Waals surface area contributed by atoms with E-state index in [9.17, 15) is 9.90 Å². The Bertz CT molecular complexity index is 1000. The van der Waals surface area contributed by atoms with E-state index in [0.717, 1.165) is 11.3 Å². The van der Waals surface area contributed by atoms with Gasteiger partial charge in [0, 0.05) is 46.5 Å². The van der Waals surface area contributed by atoms with Crippen molar-refractivity contribution in [2.45, 2.75) is 44.4 Å². The van der Waals surface area contributed by atoms with Crippen molar-refractivity contribution in [3.63, 3.8) is 0 Å². The molecule has 3 aromatic rings. The maximum Gasteiger partial charge on any atom is 0.139 e. The van der Waals surface area contributed by atoms with Crippen LogP contribution < -0.4 is 4.74 Å². The van der Waals surface area contributed by atoms with Crippen LogP contribution in [0.15, 0.2) is 65.8 Å². The van der Waals surface area contributed by atoms with Crippen LogP contribution >= 0.6 is 11.8 Å². The number of thioether (sulfide) groups is 1. The zero-order valence-corrected chi connectivity index (χ0v) is 18.4. The van der Waals surface area contributed by atoms with Gasteiger partial charge in [-0.1, -0.05) is 44.2 Å². The van der Waals surface area contributed by atoms with Crippen LogP contribution in [-0.4, -0.2) is 15.9 Å². The third kappa shape index (κ3) is 5.86. The number of benzene rings is 2. The molecule has 0 unspecified atom stereocenters. The van der Waals surface area contributed by atoms with Crippen LogP contribution in [0.2, 0.25) is 0 Å².